The topological polar surface area (TPSA) is 88.2 Å². The molecule has 0 unspecified atom stereocenters. The molecule has 24 heavy (non-hydrogen) atoms. The number of rotatable bonds is 4. The lowest BCUT2D eigenvalue weighted by Gasteiger charge is -2.35. The Kier molecular flexibility index (Phi) is 4.71. The number of pyridine rings is 1. The van der Waals surface area contributed by atoms with Gasteiger partial charge >= 0.3 is 0 Å². The molecule has 1 fully saturated rings. The van der Waals surface area contributed by atoms with Gasteiger partial charge in [-0.1, -0.05) is 0 Å². The molecule has 2 aromatic rings. The normalized spacial score (nSPS) is 15.5. The molecule has 1 aliphatic heterocycles. The minimum absolute atomic E-state index is 0.281. The number of carbonyl (C=O) groups excluding carboxylic acids is 1. The lowest BCUT2D eigenvalue weighted by Crippen LogP contribution is -2.49. The van der Waals surface area contributed by atoms with Crippen molar-refractivity contribution in [3.8, 4) is 11.4 Å². The third-order valence-corrected chi connectivity index (χ3v) is 4.33. The van der Waals surface area contributed by atoms with Gasteiger partial charge in [-0.15, -0.1) is 0 Å². The highest BCUT2D eigenvalue weighted by atomic mass is 16.1. The van der Waals surface area contributed by atoms with Gasteiger partial charge in [-0.2, -0.15) is 0 Å². The number of piperazine rings is 1. The Bertz CT molecular complexity index is 725. The van der Waals surface area contributed by atoms with Crippen LogP contribution in [0.25, 0.3) is 11.4 Å². The van der Waals surface area contributed by atoms with E-state index in [1.54, 1.807) is 12.4 Å². The van der Waals surface area contributed by atoms with Gasteiger partial charge < -0.3 is 10.6 Å². The predicted molar refractivity (Wildman–Crippen MR) is 92.6 cm³/mol. The average molecular weight is 326 g/mol. The Hall–Kier alpha value is -2.54. The molecule has 1 saturated heterocycles. The fourth-order valence-electron chi connectivity index (χ4n) is 2.88. The molecular formula is C17H22N6O. The molecule has 1 aliphatic rings. The van der Waals surface area contributed by atoms with Crippen molar-refractivity contribution in [1.82, 2.24) is 19.9 Å². The van der Waals surface area contributed by atoms with E-state index in [0.717, 1.165) is 48.8 Å². The molecule has 126 valence electrons. The average Bonchev–Trinajstić information content (AvgIpc) is 2.58. The maximum Gasteiger partial charge on any atom is 0.231 e. The van der Waals surface area contributed by atoms with Crippen LogP contribution in [-0.2, 0) is 4.79 Å². The Morgan fingerprint density at radius 1 is 1.21 bits per heavy atom. The predicted octanol–water partition coefficient (Wildman–Crippen LogP) is 0.763. The number of anilines is 1. The summed E-state index contributed by atoms with van der Waals surface area (Å²) in [6.45, 7) is 7.60. The number of primary amides is 1. The van der Waals surface area contributed by atoms with Crippen molar-refractivity contribution in [2.24, 2.45) is 5.73 Å². The number of nitrogens with zero attached hydrogens (tertiary/aromatic N) is 5. The molecule has 7 nitrogen and oxygen atoms in total. The van der Waals surface area contributed by atoms with Gasteiger partial charge in [-0.3, -0.25) is 14.7 Å². The maximum absolute atomic E-state index is 11.1. The highest BCUT2D eigenvalue weighted by Crippen LogP contribution is 2.24. The first-order chi connectivity index (χ1) is 11.5. The molecule has 0 bridgehead atoms. The van der Waals surface area contributed by atoms with E-state index in [9.17, 15) is 4.79 Å². The molecule has 0 radical (unpaired) electrons. The van der Waals surface area contributed by atoms with Gasteiger partial charge in [0.2, 0.25) is 5.91 Å². The van der Waals surface area contributed by atoms with Crippen LogP contribution in [0.15, 0.2) is 24.5 Å². The van der Waals surface area contributed by atoms with Gasteiger partial charge in [0.15, 0.2) is 5.82 Å². The minimum Gasteiger partial charge on any atom is -0.369 e. The number of nitrogens with two attached hydrogens (primary N) is 1. The van der Waals surface area contributed by atoms with E-state index in [1.165, 1.54) is 0 Å². The van der Waals surface area contributed by atoms with E-state index in [-0.39, 0.29) is 5.91 Å². The minimum atomic E-state index is -0.281. The Morgan fingerprint density at radius 3 is 2.58 bits per heavy atom. The summed E-state index contributed by atoms with van der Waals surface area (Å²) >= 11 is 0. The second kappa shape index (κ2) is 6.92. The number of aromatic nitrogens is 3. The second-order valence-corrected chi connectivity index (χ2v) is 6.05. The SMILES string of the molecule is Cc1nc(-c2cccnc2)nc(N2CCN(CC(N)=O)CC2)c1C. The molecule has 0 aliphatic carbocycles. The highest BCUT2D eigenvalue weighted by Gasteiger charge is 2.22. The summed E-state index contributed by atoms with van der Waals surface area (Å²) in [7, 11) is 0. The van der Waals surface area contributed by atoms with E-state index in [1.807, 2.05) is 26.0 Å². The van der Waals surface area contributed by atoms with Crippen LogP contribution in [0, 0.1) is 13.8 Å². The third kappa shape index (κ3) is 3.51. The van der Waals surface area contributed by atoms with Gasteiger partial charge in [0, 0.05) is 55.4 Å². The molecule has 1 amide bonds. The number of amides is 1. The van der Waals surface area contributed by atoms with Crippen molar-refractivity contribution in [3.63, 3.8) is 0 Å². The van der Waals surface area contributed by atoms with Crippen LogP contribution in [0.5, 0.6) is 0 Å². The van der Waals surface area contributed by atoms with Crippen molar-refractivity contribution in [1.29, 1.82) is 0 Å². The first-order valence-electron chi connectivity index (χ1n) is 8.06. The van der Waals surface area contributed by atoms with Crippen LogP contribution in [0.3, 0.4) is 0 Å². The molecular weight excluding hydrogens is 304 g/mol. The zero-order chi connectivity index (χ0) is 17.1. The number of hydrogen-bond acceptors (Lipinski definition) is 6. The third-order valence-electron chi connectivity index (χ3n) is 4.33. The maximum atomic E-state index is 11.1. The molecule has 0 saturated carbocycles. The molecule has 7 heteroatoms. The molecule has 0 aromatic carbocycles. The van der Waals surface area contributed by atoms with Crippen molar-refractivity contribution >= 4 is 11.7 Å². The fraction of sp³-hybridized carbons (Fsp3) is 0.412. The van der Waals surface area contributed by atoms with Crippen LogP contribution >= 0.6 is 0 Å². The van der Waals surface area contributed by atoms with Crippen LogP contribution in [0.2, 0.25) is 0 Å². The summed E-state index contributed by atoms with van der Waals surface area (Å²) in [4.78, 5) is 28.9. The molecule has 0 spiro atoms. The Balaban J connectivity index is 1.83. The molecule has 2 aromatic heterocycles. The lowest BCUT2D eigenvalue weighted by molar-refractivity contribution is -0.119. The van der Waals surface area contributed by atoms with E-state index in [0.29, 0.717) is 12.4 Å². The zero-order valence-electron chi connectivity index (χ0n) is 14.1. The largest absolute Gasteiger partial charge is 0.369 e. The molecule has 3 rings (SSSR count). The fourth-order valence-corrected chi connectivity index (χ4v) is 2.88. The first-order valence-corrected chi connectivity index (χ1v) is 8.06. The number of aryl methyl sites for hydroxylation is 1. The van der Waals surface area contributed by atoms with Gasteiger partial charge in [-0.25, -0.2) is 9.97 Å². The van der Waals surface area contributed by atoms with Crippen molar-refractivity contribution < 1.29 is 4.79 Å². The first kappa shape index (κ1) is 16.3. The summed E-state index contributed by atoms with van der Waals surface area (Å²) in [5, 5.41) is 0. The van der Waals surface area contributed by atoms with E-state index in [4.69, 9.17) is 10.7 Å². The van der Waals surface area contributed by atoms with Gasteiger partial charge in [0.05, 0.1) is 6.54 Å². The van der Waals surface area contributed by atoms with Crippen LogP contribution in [-0.4, -0.2) is 58.5 Å². The summed E-state index contributed by atoms with van der Waals surface area (Å²) in [6.07, 6.45) is 3.52. The second-order valence-electron chi connectivity index (χ2n) is 6.05. The lowest BCUT2D eigenvalue weighted by atomic mass is 10.2. The van der Waals surface area contributed by atoms with E-state index in [2.05, 4.69) is 19.8 Å². The molecule has 3 heterocycles. The quantitative estimate of drug-likeness (QED) is 0.892. The monoisotopic (exact) mass is 326 g/mol. The van der Waals surface area contributed by atoms with Crippen LogP contribution in [0.4, 0.5) is 5.82 Å². The summed E-state index contributed by atoms with van der Waals surface area (Å²) in [5.74, 6) is 1.37. The van der Waals surface area contributed by atoms with Crippen molar-refractivity contribution in [2.45, 2.75) is 13.8 Å². The van der Waals surface area contributed by atoms with Crippen LogP contribution < -0.4 is 10.6 Å². The van der Waals surface area contributed by atoms with E-state index < -0.39 is 0 Å². The summed E-state index contributed by atoms with van der Waals surface area (Å²) in [5.41, 5.74) is 8.25. The van der Waals surface area contributed by atoms with Gasteiger partial charge in [0.1, 0.15) is 5.82 Å². The van der Waals surface area contributed by atoms with E-state index >= 15 is 0 Å². The highest BCUT2D eigenvalue weighted by molar-refractivity contribution is 5.76. The standard InChI is InChI=1S/C17H22N6O/c1-12-13(2)20-16(14-4-3-5-19-10-14)21-17(12)23-8-6-22(7-9-23)11-15(18)24/h3-5,10H,6-9,11H2,1-2H3,(H2,18,24). The van der Waals surface area contributed by atoms with Crippen molar-refractivity contribution in [2.75, 3.05) is 37.6 Å². The number of hydrogen-bond donors (Lipinski definition) is 1. The van der Waals surface area contributed by atoms with Gasteiger partial charge in [-0.05, 0) is 26.0 Å². The Labute approximate surface area is 141 Å². The van der Waals surface area contributed by atoms with Gasteiger partial charge in [0.25, 0.3) is 0 Å². The molecule has 0 atom stereocenters. The van der Waals surface area contributed by atoms with Crippen LogP contribution in [0.1, 0.15) is 11.3 Å². The summed E-state index contributed by atoms with van der Waals surface area (Å²) < 4.78 is 0. The summed E-state index contributed by atoms with van der Waals surface area (Å²) in [6, 6.07) is 3.85. The number of carbonyl (C=O) groups is 1. The molecule has 2 N–H and O–H groups in total. The smallest absolute Gasteiger partial charge is 0.231 e. The van der Waals surface area contributed by atoms with Crippen molar-refractivity contribution in [3.05, 3.63) is 35.8 Å². The zero-order valence-corrected chi connectivity index (χ0v) is 14.1. The Morgan fingerprint density at radius 2 is 1.96 bits per heavy atom.